The molecule has 144 valence electrons. The predicted molar refractivity (Wildman–Crippen MR) is 99.8 cm³/mol. The Bertz CT molecular complexity index is 995. The van der Waals surface area contributed by atoms with E-state index < -0.39 is 11.8 Å². The summed E-state index contributed by atoms with van der Waals surface area (Å²) in [6.07, 6.45) is 2.43. The SMILES string of the molecule is CCn1cc(-c2ccc(CCn3c(CC(CN)=C(F)F)n[nH]c3=O)s2)cn1. The van der Waals surface area contributed by atoms with E-state index in [2.05, 4.69) is 15.3 Å². The van der Waals surface area contributed by atoms with Crippen LogP contribution in [0.15, 0.2) is 41.0 Å². The van der Waals surface area contributed by atoms with Gasteiger partial charge in [-0.25, -0.2) is 9.89 Å². The number of thiophene rings is 1. The van der Waals surface area contributed by atoms with Gasteiger partial charge in [-0.15, -0.1) is 11.3 Å². The molecule has 0 saturated carbocycles. The van der Waals surface area contributed by atoms with E-state index in [0.29, 0.717) is 13.0 Å². The zero-order valence-electron chi connectivity index (χ0n) is 14.8. The van der Waals surface area contributed by atoms with Crippen molar-refractivity contribution in [1.82, 2.24) is 24.5 Å². The minimum absolute atomic E-state index is 0.149. The molecule has 0 aliphatic carbocycles. The fourth-order valence-electron chi connectivity index (χ4n) is 2.68. The van der Waals surface area contributed by atoms with Gasteiger partial charge < -0.3 is 5.73 Å². The van der Waals surface area contributed by atoms with Crippen LogP contribution in [0.2, 0.25) is 0 Å². The van der Waals surface area contributed by atoms with Crippen LogP contribution in [0, 0.1) is 0 Å². The normalized spacial score (nSPS) is 11.1. The molecule has 0 unspecified atom stereocenters. The average molecular weight is 394 g/mol. The van der Waals surface area contributed by atoms with E-state index in [1.165, 1.54) is 4.57 Å². The number of aromatic amines is 1. The van der Waals surface area contributed by atoms with Gasteiger partial charge in [0.05, 0.1) is 6.20 Å². The van der Waals surface area contributed by atoms with Crippen LogP contribution < -0.4 is 11.4 Å². The molecule has 3 N–H and O–H groups in total. The molecular weight excluding hydrogens is 374 g/mol. The predicted octanol–water partition coefficient (Wildman–Crippen LogP) is 2.41. The molecule has 3 heterocycles. The number of nitrogens with zero attached hydrogens (tertiary/aromatic N) is 4. The highest BCUT2D eigenvalue weighted by Crippen LogP contribution is 2.28. The highest BCUT2D eigenvalue weighted by Gasteiger charge is 2.14. The van der Waals surface area contributed by atoms with Crippen LogP contribution in [0.25, 0.3) is 10.4 Å². The molecule has 0 spiro atoms. The minimum Gasteiger partial charge on any atom is -0.327 e. The van der Waals surface area contributed by atoms with Gasteiger partial charge in [-0.2, -0.15) is 19.0 Å². The maximum Gasteiger partial charge on any atom is 0.343 e. The summed E-state index contributed by atoms with van der Waals surface area (Å²) < 4.78 is 28.9. The third kappa shape index (κ3) is 4.40. The van der Waals surface area contributed by atoms with Gasteiger partial charge in [0.2, 0.25) is 0 Å². The Morgan fingerprint density at radius 1 is 1.37 bits per heavy atom. The highest BCUT2D eigenvalue weighted by atomic mass is 32.1. The number of aryl methyl sites for hydroxylation is 2. The van der Waals surface area contributed by atoms with Crippen LogP contribution in [0.4, 0.5) is 8.78 Å². The molecule has 3 rings (SSSR count). The molecule has 0 aromatic carbocycles. The molecule has 3 aromatic rings. The van der Waals surface area contributed by atoms with Gasteiger partial charge in [-0.05, 0) is 25.5 Å². The van der Waals surface area contributed by atoms with Crippen LogP contribution in [0.1, 0.15) is 17.6 Å². The van der Waals surface area contributed by atoms with E-state index in [4.69, 9.17) is 5.73 Å². The zero-order valence-corrected chi connectivity index (χ0v) is 15.6. The molecule has 0 fully saturated rings. The Balaban J connectivity index is 1.71. The summed E-state index contributed by atoms with van der Waals surface area (Å²) in [5.74, 6) is 0.259. The van der Waals surface area contributed by atoms with Crippen molar-refractivity contribution in [3.63, 3.8) is 0 Å². The summed E-state index contributed by atoms with van der Waals surface area (Å²) >= 11 is 1.62. The lowest BCUT2D eigenvalue weighted by Gasteiger charge is -2.06. The Morgan fingerprint density at radius 2 is 2.19 bits per heavy atom. The van der Waals surface area contributed by atoms with E-state index in [0.717, 1.165) is 21.9 Å². The van der Waals surface area contributed by atoms with Crippen LogP contribution in [0.3, 0.4) is 0 Å². The second kappa shape index (κ2) is 8.40. The van der Waals surface area contributed by atoms with Gasteiger partial charge in [0.15, 0.2) is 0 Å². The Hall–Kier alpha value is -2.59. The molecule has 7 nitrogen and oxygen atoms in total. The second-order valence-corrected chi connectivity index (χ2v) is 7.11. The molecule has 0 bridgehead atoms. The number of rotatable bonds is 8. The van der Waals surface area contributed by atoms with Crippen molar-refractivity contribution in [2.24, 2.45) is 5.73 Å². The van der Waals surface area contributed by atoms with E-state index in [1.807, 2.05) is 36.1 Å². The number of hydrogen-bond donors (Lipinski definition) is 2. The standard InChI is InChI=1S/C17H20F2N6OS/c1-2-24-10-12(9-21-24)14-4-3-13(27-14)5-6-25-15(22-23-17(25)26)7-11(8-20)16(18)19/h3-4,9-10H,2,5-8,20H2,1H3,(H,23,26). The second-order valence-electron chi connectivity index (χ2n) is 5.94. The molecule has 0 atom stereocenters. The fraction of sp³-hybridized carbons (Fsp3) is 0.353. The Labute approximate surface area is 158 Å². The third-order valence-electron chi connectivity index (χ3n) is 4.21. The molecule has 0 aliphatic rings. The van der Waals surface area contributed by atoms with Gasteiger partial charge in [0, 0.05) is 53.1 Å². The van der Waals surface area contributed by atoms with Crippen LogP contribution in [-0.2, 0) is 25.9 Å². The van der Waals surface area contributed by atoms with Crippen LogP contribution in [0.5, 0.6) is 0 Å². The first-order valence-electron chi connectivity index (χ1n) is 8.50. The fourth-order valence-corrected chi connectivity index (χ4v) is 3.65. The maximum absolute atomic E-state index is 12.8. The lowest BCUT2D eigenvalue weighted by atomic mass is 10.2. The lowest BCUT2D eigenvalue weighted by Crippen LogP contribution is -2.21. The van der Waals surface area contributed by atoms with Crippen molar-refractivity contribution >= 4 is 11.3 Å². The average Bonchev–Trinajstić information content (AvgIpc) is 3.37. The molecule has 0 amide bonds. The smallest absolute Gasteiger partial charge is 0.327 e. The van der Waals surface area contributed by atoms with Crippen LogP contribution in [-0.4, -0.2) is 31.1 Å². The third-order valence-corrected chi connectivity index (χ3v) is 5.40. The molecule has 10 heteroatoms. The topological polar surface area (TPSA) is 94.5 Å². The van der Waals surface area contributed by atoms with Gasteiger partial charge >= 0.3 is 5.69 Å². The zero-order chi connectivity index (χ0) is 19.4. The first-order chi connectivity index (χ1) is 13.0. The number of nitrogens with two attached hydrogens (primary N) is 1. The van der Waals surface area contributed by atoms with E-state index >= 15 is 0 Å². The summed E-state index contributed by atoms with van der Waals surface area (Å²) in [6, 6.07) is 4.02. The number of H-pyrrole nitrogens is 1. The summed E-state index contributed by atoms with van der Waals surface area (Å²) in [4.78, 5) is 14.1. The quantitative estimate of drug-likeness (QED) is 0.613. The molecule has 3 aromatic heterocycles. The van der Waals surface area contributed by atoms with Crippen molar-refractivity contribution in [2.45, 2.75) is 32.9 Å². The molecule has 0 saturated heterocycles. The van der Waals surface area contributed by atoms with Crippen molar-refractivity contribution in [3.8, 4) is 10.4 Å². The van der Waals surface area contributed by atoms with Crippen molar-refractivity contribution in [2.75, 3.05) is 6.54 Å². The van der Waals surface area contributed by atoms with Crippen LogP contribution >= 0.6 is 11.3 Å². The van der Waals surface area contributed by atoms with Crippen molar-refractivity contribution in [3.05, 3.63) is 57.4 Å². The van der Waals surface area contributed by atoms with Gasteiger partial charge in [0.1, 0.15) is 5.82 Å². The lowest BCUT2D eigenvalue weighted by molar-refractivity contribution is 0.406. The Kier molecular flexibility index (Phi) is 5.97. The summed E-state index contributed by atoms with van der Waals surface area (Å²) in [5.41, 5.74) is 5.76. The Morgan fingerprint density at radius 3 is 2.85 bits per heavy atom. The summed E-state index contributed by atoms with van der Waals surface area (Å²) in [7, 11) is 0. The molecule has 27 heavy (non-hydrogen) atoms. The first kappa shape index (κ1) is 19.2. The minimum atomic E-state index is -1.82. The number of hydrogen-bond acceptors (Lipinski definition) is 5. The van der Waals surface area contributed by atoms with E-state index in [9.17, 15) is 13.6 Å². The van der Waals surface area contributed by atoms with Crippen molar-refractivity contribution in [1.29, 1.82) is 0 Å². The number of halogens is 2. The molecular formula is C17H20F2N6OS. The van der Waals surface area contributed by atoms with E-state index in [-0.39, 0.29) is 24.4 Å². The first-order valence-corrected chi connectivity index (χ1v) is 9.32. The van der Waals surface area contributed by atoms with E-state index in [1.54, 1.807) is 11.3 Å². The summed E-state index contributed by atoms with van der Waals surface area (Å²) in [6.45, 7) is 2.91. The maximum atomic E-state index is 12.8. The molecule has 0 aliphatic heterocycles. The number of nitrogens with one attached hydrogen (secondary N) is 1. The van der Waals surface area contributed by atoms with Gasteiger partial charge in [-0.1, -0.05) is 0 Å². The molecule has 0 radical (unpaired) electrons. The number of aromatic nitrogens is 5. The summed E-state index contributed by atoms with van der Waals surface area (Å²) in [5, 5.41) is 10.5. The highest BCUT2D eigenvalue weighted by molar-refractivity contribution is 7.15. The van der Waals surface area contributed by atoms with Gasteiger partial charge in [0.25, 0.3) is 6.08 Å². The van der Waals surface area contributed by atoms with Gasteiger partial charge in [-0.3, -0.25) is 9.25 Å². The largest absolute Gasteiger partial charge is 0.343 e. The monoisotopic (exact) mass is 394 g/mol. The van der Waals surface area contributed by atoms with Crippen molar-refractivity contribution < 1.29 is 8.78 Å².